The van der Waals surface area contributed by atoms with Crippen molar-refractivity contribution in [3.05, 3.63) is 54.6 Å². The number of carbonyl (C=O) groups excluding carboxylic acids is 2. The highest BCUT2D eigenvalue weighted by atomic mass is 16.7. The largest absolute Gasteiger partial charge is 0.455 e. The van der Waals surface area contributed by atoms with Crippen LogP contribution in [0.25, 0.3) is 0 Å². The van der Waals surface area contributed by atoms with Crippen LogP contribution in [0.4, 0.5) is 10.5 Å². The predicted molar refractivity (Wildman–Crippen MR) is 128 cm³/mol. The lowest BCUT2D eigenvalue weighted by atomic mass is 9.96. The molecule has 6 nitrogen and oxygen atoms in total. The first-order valence-corrected chi connectivity index (χ1v) is 12.1. The number of anilines is 1. The average Bonchev–Trinajstić information content (AvgIpc) is 2.82. The van der Waals surface area contributed by atoms with Gasteiger partial charge in [0.1, 0.15) is 11.7 Å². The minimum atomic E-state index is -0.817. The van der Waals surface area contributed by atoms with Crippen molar-refractivity contribution in [3.8, 4) is 11.5 Å². The topological polar surface area (TPSA) is 65.1 Å². The molecule has 2 aromatic rings. The van der Waals surface area contributed by atoms with Crippen molar-refractivity contribution in [2.75, 3.05) is 11.4 Å². The number of amides is 1. The number of para-hydroxylation sites is 3. The van der Waals surface area contributed by atoms with E-state index in [2.05, 4.69) is 13.8 Å². The summed E-state index contributed by atoms with van der Waals surface area (Å²) in [5.74, 6) is 0.597. The van der Waals surface area contributed by atoms with E-state index in [1.807, 2.05) is 54.6 Å². The zero-order chi connectivity index (χ0) is 23.5. The molecule has 0 radical (unpaired) electrons. The highest BCUT2D eigenvalue weighted by Gasteiger charge is 2.45. The number of nitrogens with zero attached hydrogens (tertiary/aromatic N) is 1. The third-order valence-electron chi connectivity index (χ3n) is 5.78. The first-order valence-electron chi connectivity index (χ1n) is 12.1. The number of unbranched alkanes of at least 4 members (excludes halogenated alkanes) is 5. The van der Waals surface area contributed by atoms with Crippen LogP contribution in [0.3, 0.4) is 0 Å². The maximum absolute atomic E-state index is 13.2. The summed E-state index contributed by atoms with van der Waals surface area (Å²) < 4.78 is 16.9. The van der Waals surface area contributed by atoms with Gasteiger partial charge in [0, 0.05) is 6.54 Å². The van der Waals surface area contributed by atoms with Gasteiger partial charge in [0.15, 0.2) is 5.75 Å². The Labute approximate surface area is 196 Å². The van der Waals surface area contributed by atoms with Crippen LogP contribution in [0.5, 0.6) is 11.5 Å². The Kier molecular flexibility index (Phi) is 9.60. The first kappa shape index (κ1) is 24.6. The Balaban J connectivity index is 1.72. The summed E-state index contributed by atoms with van der Waals surface area (Å²) in [5.41, 5.74) is 0.632. The third kappa shape index (κ3) is 6.98. The van der Waals surface area contributed by atoms with E-state index in [4.69, 9.17) is 14.2 Å². The molecule has 33 heavy (non-hydrogen) atoms. The van der Waals surface area contributed by atoms with Crippen molar-refractivity contribution in [2.45, 2.75) is 71.5 Å². The summed E-state index contributed by atoms with van der Waals surface area (Å²) in [6, 6.07) is 16.9. The molecular weight excluding hydrogens is 418 g/mol. The minimum Gasteiger partial charge on any atom is -0.455 e. The molecule has 178 valence electrons. The fraction of sp³-hybridized carbons (Fsp3) is 0.481. The lowest BCUT2D eigenvalue weighted by molar-refractivity contribution is -0.226. The summed E-state index contributed by atoms with van der Waals surface area (Å²) >= 11 is 0. The molecule has 2 aromatic carbocycles. The molecule has 1 amide bonds. The van der Waals surface area contributed by atoms with Crippen LogP contribution in [-0.2, 0) is 14.3 Å². The zero-order valence-corrected chi connectivity index (χ0v) is 19.7. The van der Waals surface area contributed by atoms with E-state index in [0.717, 1.165) is 44.9 Å². The van der Waals surface area contributed by atoms with Gasteiger partial charge in [-0.05, 0) is 37.1 Å². The van der Waals surface area contributed by atoms with Crippen LogP contribution in [0.15, 0.2) is 54.6 Å². The monoisotopic (exact) mass is 453 g/mol. The van der Waals surface area contributed by atoms with E-state index in [0.29, 0.717) is 30.2 Å². The first-order chi connectivity index (χ1) is 16.1. The van der Waals surface area contributed by atoms with Gasteiger partial charge in [-0.15, -0.1) is 0 Å². The molecule has 1 fully saturated rings. The fourth-order valence-electron chi connectivity index (χ4n) is 3.85. The number of rotatable bonds is 13. The molecule has 0 unspecified atom stereocenters. The summed E-state index contributed by atoms with van der Waals surface area (Å²) in [7, 11) is 0. The van der Waals surface area contributed by atoms with E-state index >= 15 is 0 Å². The van der Waals surface area contributed by atoms with Crippen molar-refractivity contribution >= 4 is 17.7 Å². The minimum absolute atomic E-state index is 0.283. The van der Waals surface area contributed by atoms with Gasteiger partial charge in [0.25, 0.3) is 6.29 Å². The summed E-state index contributed by atoms with van der Waals surface area (Å²) in [4.78, 5) is 26.8. The maximum atomic E-state index is 13.2. The number of carbonyl (C=O) groups is 2. The van der Waals surface area contributed by atoms with E-state index in [-0.39, 0.29) is 11.9 Å². The lowest BCUT2D eigenvalue weighted by Crippen LogP contribution is -2.49. The summed E-state index contributed by atoms with van der Waals surface area (Å²) in [5, 5.41) is 0. The van der Waals surface area contributed by atoms with Gasteiger partial charge in [0.05, 0.1) is 5.69 Å². The van der Waals surface area contributed by atoms with Crippen LogP contribution >= 0.6 is 0 Å². The molecule has 1 heterocycles. The second kappa shape index (κ2) is 12.9. The molecule has 0 aliphatic carbocycles. The molecule has 1 aliphatic rings. The Hall–Kier alpha value is -3.02. The Bertz CT molecular complexity index is 885. The number of esters is 1. The molecule has 0 saturated carbocycles. The molecular formula is C27H35NO5. The molecule has 6 heteroatoms. The second-order valence-electron chi connectivity index (χ2n) is 8.39. The van der Waals surface area contributed by atoms with E-state index < -0.39 is 12.4 Å². The van der Waals surface area contributed by atoms with Crippen LogP contribution in [0.2, 0.25) is 0 Å². The van der Waals surface area contributed by atoms with Crippen molar-refractivity contribution in [1.29, 1.82) is 0 Å². The standard InChI is InChI=1S/C27H35NO5/c1-3-5-7-11-17-22-25(29)32-26(22)33-27(30)28(20-14-6-4-2)23-18-12-13-19-24(23)31-21-15-9-8-10-16-21/h8-10,12-13,15-16,18-19,22,26H,3-7,11,14,17,20H2,1-2H3/t22-,26+/m1/s1. The highest BCUT2D eigenvalue weighted by Crippen LogP contribution is 2.34. The number of cyclic esters (lactones) is 1. The molecule has 1 aliphatic heterocycles. The molecule has 0 spiro atoms. The zero-order valence-electron chi connectivity index (χ0n) is 19.7. The van der Waals surface area contributed by atoms with Crippen molar-refractivity contribution in [2.24, 2.45) is 5.92 Å². The van der Waals surface area contributed by atoms with Gasteiger partial charge in [-0.25, -0.2) is 4.79 Å². The molecule has 0 bridgehead atoms. The van der Waals surface area contributed by atoms with Crippen LogP contribution < -0.4 is 9.64 Å². The van der Waals surface area contributed by atoms with Gasteiger partial charge in [-0.3, -0.25) is 9.69 Å². The molecule has 3 rings (SSSR count). The average molecular weight is 454 g/mol. The fourth-order valence-corrected chi connectivity index (χ4v) is 3.85. The van der Waals surface area contributed by atoms with Gasteiger partial charge in [0.2, 0.25) is 0 Å². The van der Waals surface area contributed by atoms with Crippen molar-refractivity contribution < 1.29 is 23.8 Å². The third-order valence-corrected chi connectivity index (χ3v) is 5.78. The predicted octanol–water partition coefficient (Wildman–Crippen LogP) is 7.08. The van der Waals surface area contributed by atoms with Crippen molar-refractivity contribution in [1.82, 2.24) is 0 Å². The quantitative estimate of drug-likeness (QED) is 0.239. The van der Waals surface area contributed by atoms with Crippen molar-refractivity contribution in [3.63, 3.8) is 0 Å². The number of benzene rings is 2. The van der Waals surface area contributed by atoms with Crippen LogP contribution in [0.1, 0.15) is 65.2 Å². The normalized spacial score (nSPS) is 17.1. The SMILES string of the molecule is CCCCCC[C@@H]1C(=O)O[C@H]1OC(=O)N(CCCCC)c1ccccc1Oc1ccccc1. The van der Waals surface area contributed by atoms with Gasteiger partial charge in [-0.1, -0.05) is 82.7 Å². The van der Waals surface area contributed by atoms with E-state index in [9.17, 15) is 9.59 Å². The Morgan fingerprint density at radius 1 is 0.909 bits per heavy atom. The Morgan fingerprint density at radius 3 is 2.33 bits per heavy atom. The van der Waals surface area contributed by atoms with E-state index in [1.165, 1.54) is 0 Å². The highest BCUT2D eigenvalue weighted by molar-refractivity contribution is 5.90. The molecule has 0 N–H and O–H groups in total. The van der Waals surface area contributed by atoms with E-state index in [1.54, 1.807) is 4.90 Å². The van der Waals surface area contributed by atoms with Crippen LogP contribution in [-0.4, -0.2) is 24.9 Å². The number of ether oxygens (including phenoxy) is 3. The molecule has 0 aromatic heterocycles. The number of hydrogen-bond acceptors (Lipinski definition) is 5. The smallest absolute Gasteiger partial charge is 0.417 e. The lowest BCUT2D eigenvalue weighted by Gasteiger charge is -2.35. The van der Waals surface area contributed by atoms with Gasteiger partial charge >= 0.3 is 12.1 Å². The van der Waals surface area contributed by atoms with Gasteiger partial charge < -0.3 is 14.2 Å². The number of hydrogen-bond donors (Lipinski definition) is 0. The Morgan fingerprint density at radius 2 is 1.61 bits per heavy atom. The second-order valence-corrected chi connectivity index (χ2v) is 8.39. The molecule has 2 atom stereocenters. The summed E-state index contributed by atoms with van der Waals surface area (Å²) in [6.45, 7) is 4.75. The van der Waals surface area contributed by atoms with Crippen LogP contribution in [0, 0.1) is 5.92 Å². The molecule has 1 saturated heterocycles. The maximum Gasteiger partial charge on any atom is 0.417 e. The van der Waals surface area contributed by atoms with Gasteiger partial charge in [-0.2, -0.15) is 0 Å². The summed E-state index contributed by atoms with van der Waals surface area (Å²) in [6.07, 6.45) is 6.45.